The van der Waals surface area contributed by atoms with Crippen LogP contribution in [0.5, 0.6) is 5.75 Å². The van der Waals surface area contributed by atoms with E-state index in [1.165, 1.54) is 98.0 Å². The molecular formula is C22H41OP. The minimum atomic E-state index is 0.322. The van der Waals surface area contributed by atoms with Crippen molar-refractivity contribution < 1.29 is 5.11 Å². The zero-order valence-electron chi connectivity index (χ0n) is 16.2. The van der Waals surface area contributed by atoms with Crippen molar-refractivity contribution >= 4 is 8.58 Å². The van der Waals surface area contributed by atoms with E-state index >= 15 is 0 Å². The summed E-state index contributed by atoms with van der Waals surface area (Å²) in [5.74, 6) is 0.322. The van der Waals surface area contributed by atoms with Crippen LogP contribution in [0.4, 0.5) is 0 Å². The molecule has 0 bridgehead atoms. The highest BCUT2D eigenvalue weighted by Gasteiger charge is 1.93. The predicted molar refractivity (Wildman–Crippen MR) is 113 cm³/mol. The molecule has 0 atom stereocenters. The molecule has 0 radical (unpaired) electrons. The van der Waals surface area contributed by atoms with Crippen LogP contribution in [-0.2, 0) is 0 Å². The molecule has 0 amide bonds. The van der Waals surface area contributed by atoms with Gasteiger partial charge < -0.3 is 5.11 Å². The van der Waals surface area contributed by atoms with Crippen molar-refractivity contribution in [2.75, 3.05) is 12.3 Å². The van der Waals surface area contributed by atoms with Gasteiger partial charge in [0.15, 0.2) is 0 Å². The second-order valence-electron chi connectivity index (χ2n) is 6.62. The Morgan fingerprint density at radius 1 is 0.625 bits per heavy atom. The molecule has 0 saturated carbocycles. The molecule has 0 saturated heterocycles. The van der Waals surface area contributed by atoms with Crippen LogP contribution in [0.1, 0.15) is 90.9 Å². The number of para-hydroxylation sites is 1. The molecule has 0 aromatic heterocycles. The molecule has 2 heteroatoms. The highest BCUT2D eigenvalue weighted by Crippen LogP contribution is 2.17. The van der Waals surface area contributed by atoms with Gasteiger partial charge in [0.25, 0.3) is 0 Å². The van der Waals surface area contributed by atoms with Crippen molar-refractivity contribution in [3.8, 4) is 5.75 Å². The van der Waals surface area contributed by atoms with E-state index < -0.39 is 0 Å². The van der Waals surface area contributed by atoms with Crippen molar-refractivity contribution in [2.45, 2.75) is 90.9 Å². The summed E-state index contributed by atoms with van der Waals surface area (Å²) in [6.45, 7) is 4.59. The number of benzene rings is 1. The molecule has 0 aliphatic heterocycles. The fourth-order valence-electron chi connectivity index (χ4n) is 2.61. The molecule has 0 aliphatic carbocycles. The van der Waals surface area contributed by atoms with Gasteiger partial charge in [-0.1, -0.05) is 96.3 Å². The van der Waals surface area contributed by atoms with Crippen LogP contribution >= 0.6 is 8.58 Å². The zero-order valence-corrected chi connectivity index (χ0v) is 17.2. The Kier molecular flexibility index (Phi) is 20.0. The minimum absolute atomic E-state index is 0.322. The Labute approximate surface area is 153 Å². The first kappa shape index (κ1) is 23.4. The van der Waals surface area contributed by atoms with Crippen molar-refractivity contribution in [1.82, 2.24) is 0 Å². The summed E-state index contributed by atoms with van der Waals surface area (Å²) in [5, 5.41) is 8.63. The van der Waals surface area contributed by atoms with E-state index in [1.54, 1.807) is 24.3 Å². The quantitative estimate of drug-likeness (QED) is 0.268. The lowest BCUT2D eigenvalue weighted by Crippen LogP contribution is -1.84. The third-order valence-electron chi connectivity index (χ3n) is 4.17. The smallest absolute Gasteiger partial charge is 0.115 e. The third kappa shape index (κ3) is 19.5. The maximum atomic E-state index is 8.63. The SMILES string of the molecule is CCCCCCCCPCCCCCCCC.Oc1ccccc1. The van der Waals surface area contributed by atoms with Crippen LogP contribution in [0.15, 0.2) is 30.3 Å². The number of hydrogen-bond acceptors (Lipinski definition) is 1. The predicted octanol–water partition coefficient (Wildman–Crippen LogP) is 7.78. The third-order valence-corrected chi connectivity index (χ3v) is 5.58. The first-order valence-electron chi connectivity index (χ1n) is 10.3. The summed E-state index contributed by atoms with van der Waals surface area (Å²) in [6.07, 6.45) is 20.5. The van der Waals surface area contributed by atoms with Gasteiger partial charge >= 0.3 is 0 Å². The molecule has 0 aliphatic rings. The summed E-state index contributed by atoms with van der Waals surface area (Å²) in [4.78, 5) is 0. The Morgan fingerprint density at radius 3 is 1.42 bits per heavy atom. The number of aromatic hydroxyl groups is 1. The highest BCUT2D eigenvalue weighted by molar-refractivity contribution is 7.37. The molecule has 0 fully saturated rings. The summed E-state index contributed by atoms with van der Waals surface area (Å²) < 4.78 is 0. The van der Waals surface area contributed by atoms with E-state index in [4.69, 9.17) is 5.11 Å². The molecule has 1 aromatic carbocycles. The van der Waals surface area contributed by atoms with Gasteiger partial charge in [-0.3, -0.25) is 0 Å². The molecule has 140 valence electrons. The van der Waals surface area contributed by atoms with Crippen molar-refractivity contribution in [3.05, 3.63) is 30.3 Å². The first-order valence-corrected chi connectivity index (χ1v) is 11.7. The Morgan fingerprint density at radius 2 is 1.04 bits per heavy atom. The van der Waals surface area contributed by atoms with E-state index in [2.05, 4.69) is 13.8 Å². The Bertz CT molecular complexity index is 312. The van der Waals surface area contributed by atoms with Crippen molar-refractivity contribution in [3.63, 3.8) is 0 Å². The normalized spacial score (nSPS) is 10.2. The monoisotopic (exact) mass is 352 g/mol. The lowest BCUT2D eigenvalue weighted by Gasteiger charge is -2.03. The average molecular weight is 353 g/mol. The molecule has 1 aromatic rings. The van der Waals surface area contributed by atoms with Gasteiger partial charge in [-0.15, -0.1) is 8.58 Å². The number of rotatable bonds is 14. The van der Waals surface area contributed by atoms with Gasteiger partial charge in [-0.05, 0) is 37.3 Å². The fraction of sp³-hybridized carbons (Fsp3) is 0.727. The van der Waals surface area contributed by atoms with Gasteiger partial charge in [-0.2, -0.15) is 0 Å². The van der Waals surface area contributed by atoms with E-state index in [0.717, 1.165) is 0 Å². The Balaban J connectivity index is 0.000000620. The number of hydrogen-bond donors (Lipinski definition) is 1. The van der Waals surface area contributed by atoms with E-state index in [0.29, 0.717) is 5.75 Å². The number of phenolic OH excluding ortho intramolecular Hbond substituents is 1. The maximum Gasteiger partial charge on any atom is 0.115 e. The zero-order chi connectivity index (χ0) is 17.7. The Hall–Kier alpha value is -0.550. The molecule has 1 rings (SSSR count). The fourth-order valence-corrected chi connectivity index (χ4v) is 3.86. The topological polar surface area (TPSA) is 20.2 Å². The van der Waals surface area contributed by atoms with Crippen LogP contribution < -0.4 is 0 Å². The molecule has 24 heavy (non-hydrogen) atoms. The van der Waals surface area contributed by atoms with Gasteiger partial charge in [0.05, 0.1) is 0 Å². The molecule has 0 heterocycles. The molecule has 1 N–H and O–H groups in total. The second-order valence-corrected chi connectivity index (χ2v) is 8.12. The van der Waals surface area contributed by atoms with E-state index in [1.807, 2.05) is 6.07 Å². The van der Waals surface area contributed by atoms with Crippen LogP contribution in [0, 0.1) is 0 Å². The standard InChI is InChI=1S/C16H35P.C6H6O/c1-3-5-7-9-11-13-15-17-16-14-12-10-8-6-4-2;7-6-4-2-1-3-5-6/h17H,3-16H2,1-2H3;1-5,7H. The molecule has 0 spiro atoms. The lowest BCUT2D eigenvalue weighted by atomic mass is 10.1. The van der Waals surface area contributed by atoms with Crippen LogP contribution in [0.25, 0.3) is 0 Å². The molecule has 0 unspecified atom stereocenters. The second kappa shape index (κ2) is 20.5. The first-order chi connectivity index (χ1) is 11.8. The van der Waals surface area contributed by atoms with Gasteiger partial charge in [0, 0.05) is 0 Å². The van der Waals surface area contributed by atoms with Crippen molar-refractivity contribution in [2.24, 2.45) is 0 Å². The number of phenols is 1. The van der Waals surface area contributed by atoms with E-state index in [9.17, 15) is 0 Å². The van der Waals surface area contributed by atoms with Crippen LogP contribution in [0.2, 0.25) is 0 Å². The van der Waals surface area contributed by atoms with Crippen LogP contribution in [-0.4, -0.2) is 17.4 Å². The van der Waals surface area contributed by atoms with E-state index in [-0.39, 0.29) is 0 Å². The number of unbranched alkanes of at least 4 members (excludes halogenated alkanes) is 10. The summed E-state index contributed by atoms with van der Waals surface area (Å²) in [6, 6.07) is 8.71. The maximum absolute atomic E-state index is 8.63. The summed E-state index contributed by atoms with van der Waals surface area (Å²) in [5.41, 5.74) is 0. The molecular weight excluding hydrogens is 311 g/mol. The molecule has 1 nitrogen and oxygen atoms in total. The average Bonchev–Trinajstić information content (AvgIpc) is 2.60. The van der Waals surface area contributed by atoms with Gasteiger partial charge in [0.2, 0.25) is 0 Å². The minimum Gasteiger partial charge on any atom is -0.508 e. The van der Waals surface area contributed by atoms with Gasteiger partial charge in [0.1, 0.15) is 5.75 Å². The van der Waals surface area contributed by atoms with Crippen molar-refractivity contribution in [1.29, 1.82) is 0 Å². The van der Waals surface area contributed by atoms with Crippen LogP contribution in [0.3, 0.4) is 0 Å². The lowest BCUT2D eigenvalue weighted by molar-refractivity contribution is 0.475. The summed E-state index contributed by atoms with van der Waals surface area (Å²) in [7, 11) is 1.26. The largest absolute Gasteiger partial charge is 0.508 e. The highest BCUT2D eigenvalue weighted by atomic mass is 31.1. The summed E-state index contributed by atoms with van der Waals surface area (Å²) >= 11 is 0. The van der Waals surface area contributed by atoms with Gasteiger partial charge in [-0.25, -0.2) is 0 Å².